The lowest BCUT2D eigenvalue weighted by molar-refractivity contribution is 0.244. The van der Waals surface area contributed by atoms with Crippen molar-refractivity contribution in [2.45, 2.75) is 44.7 Å². The maximum absolute atomic E-state index is 12.0. The van der Waals surface area contributed by atoms with Crippen molar-refractivity contribution in [2.75, 3.05) is 10.6 Å². The number of pyridine rings is 2. The van der Waals surface area contributed by atoms with E-state index in [1.165, 1.54) is 19.3 Å². The van der Waals surface area contributed by atoms with Crippen LogP contribution in [0.1, 0.15) is 37.7 Å². The Morgan fingerprint density at radius 2 is 1.88 bits per heavy atom. The number of nitrogens with one attached hydrogen (secondary N) is 3. The van der Waals surface area contributed by atoms with Gasteiger partial charge in [0, 0.05) is 25.0 Å². The van der Waals surface area contributed by atoms with E-state index < -0.39 is 0 Å². The summed E-state index contributed by atoms with van der Waals surface area (Å²) in [4.78, 5) is 20.3. The number of carbonyl (C=O) groups excluding carboxylic acids is 1. The average molecular weight is 325 g/mol. The second kappa shape index (κ2) is 8.29. The van der Waals surface area contributed by atoms with Crippen molar-refractivity contribution >= 4 is 17.5 Å². The minimum Gasteiger partial charge on any atom is -0.366 e. The van der Waals surface area contributed by atoms with E-state index in [1.807, 2.05) is 24.3 Å². The molecule has 0 aliphatic heterocycles. The number of hydrogen-bond acceptors (Lipinski definition) is 4. The number of anilines is 2. The van der Waals surface area contributed by atoms with Gasteiger partial charge in [-0.2, -0.15) is 0 Å². The zero-order valence-corrected chi connectivity index (χ0v) is 13.7. The molecule has 1 aliphatic rings. The molecule has 0 bridgehead atoms. The number of carbonyl (C=O) groups is 1. The van der Waals surface area contributed by atoms with Gasteiger partial charge in [0.05, 0.1) is 11.9 Å². The molecule has 0 aromatic carbocycles. The fourth-order valence-electron chi connectivity index (χ4n) is 2.87. The van der Waals surface area contributed by atoms with Crippen molar-refractivity contribution in [1.29, 1.82) is 0 Å². The third-order valence-corrected chi connectivity index (χ3v) is 4.18. The number of amides is 2. The summed E-state index contributed by atoms with van der Waals surface area (Å²) in [6.45, 7) is 0.685. The Morgan fingerprint density at radius 3 is 2.58 bits per heavy atom. The minimum absolute atomic E-state index is 0.152. The molecule has 0 spiro atoms. The van der Waals surface area contributed by atoms with E-state index in [9.17, 15) is 4.79 Å². The summed E-state index contributed by atoms with van der Waals surface area (Å²) in [6, 6.07) is 7.77. The summed E-state index contributed by atoms with van der Waals surface area (Å²) in [5.74, 6) is 0.769. The number of nitrogens with zero attached hydrogens (tertiary/aromatic N) is 2. The molecule has 2 amide bonds. The first-order valence-corrected chi connectivity index (χ1v) is 8.46. The number of rotatable bonds is 5. The SMILES string of the molecule is O=C(Nc1ccc(NCc2ccncc2)nc1)NC1CCCCC1. The van der Waals surface area contributed by atoms with Crippen molar-refractivity contribution in [3.05, 3.63) is 48.4 Å². The first-order chi connectivity index (χ1) is 11.8. The molecule has 24 heavy (non-hydrogen) atoms. The Balaban J connectivity index is 1.46. The first kappa shape index (κ1) is 16.2. The van der Waals surface area contributed by atoms with E-state index in [1.54, 1.807) is 18.6 Å². The molecule has 1 fully saturated rings. The number of urea groups is 1. The fraction of sp³-hybridized carbons (Fsp3) is 0.389. The van der Waals surface area contributed by atoms with Crippen LogP contribution in [0.15, 0.2) is 42.9 Å². The van der Waals surface area contributed by atoms with Gasteiger partial charge in [-0.3, -0.25) is 4.98 Å². The average Bonchev–Trinajstić information content (AvgIpc) is 2.63. The van der Waals surface area contributed by atoms with Crippen LogP contribution in [-0.4, -0.2) is 22.0 Å². The Kier molecular flexibility index (Phi) is 5.61. The van der Waals surface area contributed by atoms with Gasteiger partial charge in [0.2, 0.25) is 0 Å². The third kappa shape index (κ3) is 4.94. The van der Waals surface area contributed by atoms with E-state index in [2.05, 4.69) is 25.9 Å². The summed E-state index contributed by atoms with van der Waals surface area (Å²) >= 11 is 0. The standard InChI is InChI=1S/C18H23N5O/c24-18(22-15-4-2-1-3-5-15)23-16-6-7-17(21-13-16)20-12-14-8-10-19-11-9-14/h6-11,13,15H,1-5,12H2,(H,20,21)(H2,22,23,24). The van der Waals surface area contributed by atoms with Crippen LogP contribution >= 0.6 is 0 Å². The van der Waals surface area contributed by atoms with E-state index in [0.717, 1.165) is 24.2 Å². The van der Waals surface area contributed by atoms with Crippen LogP contribution in [0, 0.1) is 0 Å². The van der Waals surface area contributed by atoms with Gasteiger partial charge in [0.1, 0.15) is 5.82 Å². The van der Waals surface area contributed by atoms with Crippen molar-refractivity contribution < 1.29 is 4.79 Å². The van der Waals surface area contributed by atoms with Crippen LogP contribution in [0.25, 0.3) is 0 Å². The van der Waals surface area contributed by atoms with Gasteiger partial charge in [-0.25, -0.2) is 9.78 Å². The van der Waals surface area contributed by atoms with Crippen LogP contribution in [0.3, 0.4) is 0 Å². The second-order valence-electron chi connectivity index (χ2n) is 6.07. The summed E-state index contributed by atoms with van der Waals surface area (Å²) < 4.78 is 0. The monoisotopic (exact) mass is 325 g/mol. The smallest absolute Gasteiger partial charge is 0.319 e. The van der Waals surface area contributed by atoms with E-state index in [4.69, 9.17) is 0 Å². The van der Waals surface area contributed by atoms with Crippen molar-refractivity contribution in [2.24, 2.45) is 0 Å². The molecule has 1 saturated carbocycles. The normalized spacial score (nSPS) is 14.8. The molecule has 0 saturated heterocycles. The molecule has 0 unspecified atom stereocenters. The quantitative estimate of drug-likeness (QED) is 0.785. The van der Waals surface area contributed by atoms with Gasteiger partial charge in [-0.05, 0) is 42.7 Å². The molecular weight excluding hydrogens is 302 g/mol. The molecule has 126 valence electrons. The Labute approximate surface area is 142 Å². The van der Waals surface area contributed by atoms with E-state index >= 15 is 0 Å². The van der Waals surface area contributed by atoms with Crippen LogP contribution < -0.4 is 16.0 Å². The topological polar surface area (TPSA) is 78.9 Å². The molecule has 3 N–H and O–H groups in total. The lowest BCUT2D eigenvalue weighted by Gasteiger charge is -2.22. The molecule has 2 aromatic rings. The Hall–Kier alpha value is -2.63. The fourth-order valence-corrected chi connectivity index (χ4v) is 2.87. The maximum atomic E-state index is 12.0. The van der Waals surface area contributed by atoms with Gasteiger partial charge in [0.15, 0.2) is 0 Å². The molecular formula is C18H23N5O. The van der Waals surface area contributed by atoms with E-state index in [0.29, 0.717) is 18.3 Å². The van der Waals surface area contributed by atoms with Crippen LogP contribution in [-0.2, 0) is 6.54 Å². The van der Waals surface area contributed by atoms with Crippen molar-refractivity contribution in [3.63, 3.8) is 0 Å². The zero-order valence-electron chi connectivity index (χ0n) is 13.7. The van der Waals surface area contributed by atoms with Crippen LogP contribution in [0.4, 0.5) is 16.3 Å². The predicted octanol–water partition coefficient (Wildman–Crippen LogP) is 3.54. The molecule has 0 radical (unpaired) electrons. The molecule has 2 heterocycles. The predicted molar refractivity (Wildman–Crippen MR) is 94.8 cm³/mol. The van der Waals surface area contributed by atoms with Gasteiger partial charge in [-0.1, -0.05) is 19.3 Å². The highest BCUT2D eigenvalue weighted by molar-refractivity contribution is 5.89. The summed E-state index contributed by atoms with van der Waals surface area (Å²) in [6.07, 6.45) is 11.0. The third-order valence-electron chi connectivity index (χ3n) is 4.18. The largest absolute Gasteiger partial charge is 0.366 e. The molecule has 6 nitrogen and oxygen atoms in total. The van der Waals surface area contributed by atoms with Crippen molar-refractivity contribution in [1.82, 2.24) is 15.3 Å². The van der Waals surface area contributed by atoms with E-state index in [-0.39, 0.29) is 6.03 Å². The molecule has 2 aromatic heterocycles. The van der Waals surface area contributed by atoms with Crippen molar-refractivity contribution in [3.8, 4) is 0 Å². The number of hydrogen-bond donors (Lipinski definition) is 3. The highest BCUT2D eigenvalue weighted by Crippen LogP contribution is 2.17. The highest BCUT2D eigenvalue weighted by atomic mass is 16.2. The molecule has 3 rings (SSSR count). The van der Waals surface area contributed by atoms with Gasteiger partial charge >= 0.3 is 6.03 Å². The lowest BCUT2D eigenvalue weighted by atomic mass is 9.96. The van der Waals surface area contributed by atoms with Gasteiger partial charge in [0.25, 0.3) is 0 Å². The van der Waals surface area contributed by atoms with Gasteiger partial charge in [-0.15, -0.1) is 0 Å². The summed E-state index contributed by atoms with van der Waals surface area (Å²) in [7, 11) is 0. The molecule has 0 atom stereocenters. The van der Waals surface area contributed by atoms with Crippen LogP contribution in [0.5, 0.6) is 0 Å². The first-order valence-electron chi connectivity index (χ1n) is 8.46. The summed E-state index contributed by atoms with van der Waals surface area (Å²) in [5.41, 5.74) is 1.83. The highest BCUT2D eigenvalue weighted by Gasteiger charge is 2.15. The maximum Gasteiger partial charge on any atom is 0.319 e. The molecule has 6 heteroatoms. The van der Waals surface area contributed by atoms with Gasteiger partial charge < -0.3 is 16.0 Å². The van der Waals surface area contributed by atoms with Crippen LogP contribution in [0.2, 0.25) is 0 Å². The summed E-state index contributed by atoms with van der Waals surface area (Å²) in [5, 5.41) is 9.11. The second-order valence-corrected chi connectivity index (χ2v) is 6.07. The Bertz CT molecular complexity index is 638. The lowest BCUT2D eigenvalue weighted by Crippen LogP contribution is -2.39. The zero-order chi connectivity index (χ0) is 16.6. The Morgan fingerprint density at radius 1 is 1.08 bits per heavy atom. The molecule has 1 aliphatic carbocycles. The minimum atomic E-state index is -0.152. The number of aromatic nitrogens is 2.